The molecule has 0 spiro atoms. The monoisotopic (exact) mass is 197 g/mol. The maximum absolute atomic E-state index is 12.0. The number of hydrogen-bond donors (Lipinski definition) is 2. The van der Waals surface area contributed by atoms with Crippen molar-refractivity contribution in [2.45, 2.75) is 20.0 Å². The van der Waals surface area contributed by atoms with Crippen LogP contribution in [0.1, 0.15) is 11.1 Å². The maximum Gasteiger partial charge on any atom is 0.117 e. The van der Waals surface area contributed by atoms with Crippen LogP contribution >= 0.6 is 0 Å². The quantitative estimate of drug-likeness (QED) is 0.774. The van der Waals surface area contributed by atoms with E-state index in [2.05, 4.69) is 5.32 Å². The van der Waals surface area contributed by atoms with Crippen LogP contribution in [0.4, 0.5) is 10.1 Å². The number of hydrogen-bond acceptors (Lipinski definition) is 2. The summed E-state index contributed by atoms with van der Waals surface area (Å²) in [4.78, 5) is 0. The summed E-state index contributed by atoms with van der Waals surface area (Å²) in [6.07, 6.45) is -0.921. The van der Waals surface area contributed by atoms with Crippen LogP contribution in [-0.4, -0.2) is 24.4 Å². The summed E-state index contributed by atoms with van der Waals surface area (Å²) in [5, 5.41) is 12.1. The van der Waals surface area contributed by atoms with E-state index in [1.807, 2.05) is 32.0 Å². The number of anilines is 1. The number of aryl methyl sites for hydroxylation is 2. The third-order valence-corrected chi connectivity index (χ3v) is 2.10. The molecule has 0 fully saturated rings. The Labute approximate surface area is 83.8 Å². The topological polar surface area (TPSA) is 32.3 Å². The molecule has 0 aliphatic heterocycles. The van der Waals surface area contributed by atoms with E-state index >= 15 is 0 Å². The van der Waals surface area contributed by atoms with Crippen molar-refractivity contribution in [3.05, 3.63) is 29.3 Å². The average molecular weight is 197 g/mol. The molecule has 2 nitrogen and oxygen atoms in total. The molecule has 0 radical (unpaired) electrons. The molecular weight excluding hydrogens is 181 g/mol. The predicted molar refractivity (Wildman–Crippen MR) is 56.4 cm³/mol. The van der Waals surface area contributed by atoms with Gasteiger partial charge in [0, 0.05) is 12.2 Å². The molecule has 3 heteroatoms. The van der Waals surface area contributed by atoms with Crippen molar-refractivity contribution in [2.75, 3.05) is 18.5 Å². The van der Waals surface area contributed by atoms with Crippen molar-refractivity contribution < 1.29 is 9.50 Å². The highest BCUT2D eigenvalue weighted by molar-refractivity contribution is 5.52. The van der Waals surface area contributed by atoms with Crippen LogP contribution in [0, 0.1) is 13.8 Å². The van der Waals surface area contributed by atoms with Crippen LogP contribution in [-0.2, 0) is 0 Å². The van der Waals surface area contributed by atoms with Gasteiger partial charge >= 0.3 is 0 Å². The second-order valence-electron chi connectivity index (χ2n) is 3.51. The van der Waals surface area contributed by atoms with Crippen LogP contribution < -0.4 is 5.32 Å². The Kier molecular flexibility index (Phi) is 3.89. The normalized spacial score (nSPS) is 12.6. The Hall–Kier alpha value is -1.09. The molecule has 1 rings (SSSR count). The third kappa shape index (κ3) is 3.00. The van der Waals surface area contributed by atoms with Crippen molar-refractivity contribution in [1.29, 1.82) is 0 Å². The van der Waals surface area contributed by atoms with Crippen molar-refractivity contribution in [2.24, 2.45) is 0 Å². The zero-order valence-corrected chi connectivity index (χ0v) is 8.55. The van der Waals surface area contributed by atoms with E-state index in [-0.39, 0.29) is 6.54 Å². The van der Waals surface area contributed by atoms with E-state index in [9.17, 15) is 4.39 Å². The Balaban J connectivity index is 2.62. The lowest BCUT2D eigenvalue weighted by Gasteiger charge is -2.12. The van der Waals surface area contributed by atoms with E-state index in [1.54, 1.807) is 0 Å². The predicted octanol–water partition coefficient (Wildman–Crippen LogP) is 2.05. The molecule has 0 aromatic heterocycles. The van der Waals surface area contributed by atoms with E-state index in [4.69, 9.17) is 5.11 Å². The largest absolute Gasteiger partial charge is 0.389 e. The second kappa shape index (κ2) is 4.96. The molecule has 0 amide bonds. The van der Waals surface area contributed by atoms with Gasteiger partial charge in [-0.1, -0.05) is 12.1 Å². The van der Waals surface area contributed by atoms with Gasteiger partial charge in [-0.05, 0) is 31.0 Å². The SMILES string of the molecule is Cc1ccc(C)c(NCC(O)CF)c1. The molecule has 0 saturated heterocycles. The van der Waals surface area contributed by atoms with Gasteiger partial charge in [-0.15, -0.1) is 0 Å². The zero-order chi connectivity index (χ0) is 10.6. The van der Waals surface area contributed by atoms with Crippen LogP contribution in [0.3, 0.4) is 0 Å². The first-order valence-corrected chi connectivity index (χ1v) is 4.68. The fourth-order valence-corrected chi connectivity index (χ4v) is 1.21. The molecule has 1 aromatic rings. The number of rotatable bonds is 4. The van der Waals surface area contributed by atoms with Crippen LogP contribution in [0.5, 0.6) is 0 Å². The van der Waals surface area contributed by atoms with E-state index in [1.165, 1.54) is 0 Å². The first-order valence-electron chi connectivity index (χ1n) is 4.68. The van der Waals surface area contributed by atoms with E-state index in [0.29, 0.717) is 0 Å². The summed E-state index contributed by atoms with van der Waals surface area (Å²) in [5.74, 6) is 0. The Morgan fingerprint density at radius 2 is 2.14 bits per heavy atom. The van der Waals surface area contributed by atoms with Gasteiger partial charge in [-0.2, -0.15) is 0 Å². The van der Waals surface area contributed by atoms with Gasteiger partial charge in [0.25, 0.3) is 0 Å². The van der Waals surface area contributed by atoms with Crippen LogP contribution in [0.2, 0.25) is 0 Å². The molecule has 1 unspecified atom stereocenters. The van der Waals surface area contributed by atoms with Gasteiger partial charge in [0.2, 0.25) is 0 Å². The van der Waals surface area contributed by atoms with Gasteiger partial charge in [-0.25, -0.2) is 4.39 Å². The standard InChI is InChI=1S/C11H16FNO/c1-8-3-4-9(2)11(5-8)13-7-10(14)6-12/h3-5,10,13-14H,6-7H2,1-2H3. The number of aliphatic hydroxyl groups is 1. The van der Waals surface area contributed by atoms with Gasteiger partial charge in [-0.3, -0.25) is 0 Å². The third-order valence-electron chi connectivity index (χ3n) is 2.10. The fraction of sp³-hybridized carbons (Fsp3) is 0.455. The van der Waals surface area contributed by atoms with E-state index < -0.39 is 12.8 Å². The van der Waals surface area contributed by atoms with Crippen molar-refractivity contribution >= 4 is 5.69 Å². The Bertz CT molecular complexity index is 301. The Morgan fingerprint density at radius 1 is 1.43 bits per heavy atom. The molecular formula is C11H16FNO. The molecule has 1 aromatic carbocycles. The Morgan fingerprint density at radius 3 is 2.79 bits per heavy atom. The summed E-state index contributed by atoms with van der Waals surface area (Å²) in [7, 11) is 0. The zero-order valence-electron chi connectivity index (χ0n) is 8.55. The maximum atomic E-state index is 12.0. The minimum Gasteiger partial charge on any atom is -0.389 e. The van der Waals surface area contributed by atoms with Crippen molar-refractivity contribution in [1.82, 2.24) is 0 Å². The molecule has 0 aliphatic carbocycles. The fourth-order valence-electron chi connectivity index (χ4n) is 1.21. The molecule has 1 atom stereocenters. The van der Waals surface area contributed by atoms with Gasteiger partial charge in [0.05, 0.1) is 6.10 Å². The van der Waals surface area contributed by atoms with Crippen LogP contribution in [0.25, 0.3) is 0 Å². The summed E-state index contributed by atoms with van der Waals surface area (Å²) in [5.41, 5.74) is 3.20. The van der Waals surface area contributed by atoms with Gasteiger partial charge in [0.1, 0.15) is 6.67 Å². The molecule has 78 valence electrons. The highest BCUT2D eigenvalue weighted by atomic mass is 19.1. The van der Waals surface area contributed by atoms with Crippen LogP contribution in [0.15, 0.2) is 18.2 Å². The number of nitrogens with one attached hydrogen (secondary N) is 1. The minimum absolute atomic E-state index is 0.251. The lowest BCUT2D eigenvalue weighted by Crippen LogP contribution is -2.21. The van der Waals surface area contributed by atoms with Crippen molar-refractivity contribution in [3.63, 3.8) is 0 Å². The molecule has 0 bridgehead atoms. The first kappa shape index (κ1) is 11.0. The highest BCUT2D eigenvalue weighted by Crippen LogP contribution is 2.15. The smallest absolute Gasteiger partial charge is 0.117 e. The second-order valence-corrected chi connectivity index (χ2v) is 3.51. The number of alkyl halides is 1. The summed E-state index contributed by atoms with van der Waals surface area (Å²) < 4.78 is 12.0. The number of aliphatic hydroxyl groups excluding tert-OH is 1. The van der Waals surface area contributed by atoms with Gasteiger partial charge < -0.3 is 10.4 Å². The molecule has 0 aliphatic rings. The lowest BCUT2D eigenvalue weighted by molar-refractivity contribution is 0.151. The molecule has 0 saturated carbocycles. The lowest BCUT2D eigenvalue weighted by atomic mass is 10.1. The van der Waals surface area contributed by atoms with Gasteiger partial charge in [0.15, 0.2) is 0 Å². The molecule has 0 heterocycles. The average Bonchev–Trinajstić information content (AvgIpc) is 2.19. The molecule has 14 heavy (non-hydrogen) atoms. The molecule has 2 N–H and O–H groups in total. The van der Waals surface area contributed by atoms with Crippen molar-refractivity contribution in [3.8, 4) is 0 Å². The summed E-state index contributed by atoms with van der Waals surface area (Å²) >= 11 is 0. The first-order chi connectivity index (χ1) is 6.63. The number of halogens is 1. The highest BCUT2D eigenvalue weighted by Gasteiger charge is 2.03. The van der Waals surface area contributed by atoms with E-state index in [0.717, 1.165) is 16.8 Å². The minimum atomic E-state index is -0.921. The summed E-state index contributed by atoms with van der Waals surface area (Å²) in [6.45, 7) is 3.51. The number of benzene rings is 1. The summed E-state index contributed by atoms with van der Waals surface area (Å²) in [6, 6.07) is 6.01.